The lowest BCUT2D eigenvalue weighted by Gasteiger charge is -2.35. The van der Waals surface area contributed by atoms with E-state index in [-0.39, 0.29) is 11.3 Å². The van der Waals surface area contributed by atoms with Crippen LogP contribution in [0.2, 0.25) is 0 Å². The maximum absolute atomic E-state index is 12.5. The third-order valence-corrected chi connectivity index (χ3v) is 4.68. The van der Waals surface area contributed by atoms with E-state index in [2.05, 4.69) is 29.7 Å². The van der Waals surface area contributed by atoms with E-state index in [0.29, 0.717) is 13.2 Å². The van der Waals surface area contributed by atoms with Crippen molar-refractivity contribution in [3.05, 3.63) is 21.9 Å². The first-order valence-electron chi connectivity index (χ1n) is 6.69. The fourth-order valence-corrected chi connectivity index (χ4v) is 3.38. The molecule has 2 heterocycles. The van der Waals surface area contributed by atoms with Gasteiger partial charge >= 0.3 is 0 Å². The zero-order chi connectivity index (χ0) is 13.7. The Morgan fingerprint density at radius 1 is 1.47 bits per heavy atom. The molecule has 19 heavy (non-hydrogen) atoms. The third kappa shape index (κ3) is 3.55. The van der Waals surface area contributed by atoms with Gasteiger partial charge in [-0.25, -0.2) is 0 Å². The zero-order valence-corrected chi connectivity index (χ0v) is 12.4. The highest BCUT2D eigenvalue weighted by atomic mass is 32.1. The average molecular weight is 282 g/mol. The summed E-state index contributed by atoms with van der Waals surface area (Å²) in [6.45, 7) is 4.97. The van der Waals surface area contributed by atoms with Gasteiger partial charge in [0.15, 0.2) is 0 Å². The van der Waals surface area contributed by atoms with E-state index < -0.39 is 0 Å². The third-order valence-electron chi connectivity index (χ3n) is 3.68. The smallest absolute Gasteiger partial charge is 0.228 e. The monoisotopic (exact) mass is 282 g/mol. The summed E-state index contributed by atoms with van der Waals surface area (Å²) < 4.78 is 5.28. The van der Waals surface area contributed by atoms with Crippen LogP contribution in [0, 0.1) is 12.3 Å². The molecule has 0 spiro atoms. The Kier molecular flexibility index (Phi) is 4.96. The van der Waals surface area contributed by atoms with E-state index in [0.717, 1.165) is 25.9 Å². The van der Waals surface area contributed by atoms with E-state index in [1.807, 2.05) is 0 Å². The van der Waals surface area contributed by atoms with Crippen molar-refractivity contribution >= 4 is 17.2 Å². The first-order chi connectivity index (χ1) is 9.16. The minimum absolute atomic E-state index is 0.127. The van der Waals surface area contributed by atoms with E-state index in [9.17, 15) is 4.79 Å². The van der Waals surface area contributed by atoms with Gasteiger partial charge in [-0.05, 0) is 45.0 Å². The predicted octanol–water partition coefficient (Wildman–Crippen LogP) is 1.69. The van der Waals surface area contributed by atoms with Gasteiger partial charge < -0.3 is 15.4 Å². The van der Waals surface area contributed by atoms with Crippen LogP contribution in [0.25, 0.3) is 0 Å². The summed E-state index contributed by atoms with van der Waals surface area (Å²) in [5.74, 6) is 0.127. The lowest BCUT2D eigenvalue weighted by Crippen LogP contribution is -2.49. The van der Waals surface area contributed by atoms with Gasteiger partial charge in [0, 0.05) is 16.9 Å². The normalized spacial score (nSPS) is 18.2. The summed E-state index contributed by atoms with van der Waals surface area (Å²) in [6.07, 6.45) is 1.69. The molecule has 0 radical (unpaired) electrons. The van der Waals surface area contributed by atoms with Crippen LogP contribution in [0.15, 0.2) is 12.1 Å². The highest BCUT2D eigenvalue weighted by molar-refractivity contribution is 7.11. The Morgan fingerprint density at radius 3 is 2.79 bits per heavy atom. The van der Waals surface area contributed by atoms with Gasteiger partial charge in [0.2, 0.25) is 5.91 Å². The fraction of sp³-hybridized carbons (Fsp3) is 0.643. The molecule has 0 aromatic carbocycles. The van der Waals surface area contributed by atoms with Crippen molar-refractivity contribution in [1.82, 2.24) is 10.6 Å². The first-order valence-corrected chi connectivity index (χ1v) is 7.51. The van der Waals surface area contributed by atoms with Crippen LogP contribution in [0.5, 0.6) is 0 Å². The molecule has 0 atom stereocenters. The molecule has 0 aliphatic carbocycles. The Bertz CT molecular complexity index is 419. The fourth-order valence-electron chi connectivity index (χ4n) is 2.55. The second kappa shape index (κ2) is 6.50. The SMILES string of the molecule is COCC1(C(=O)NCc2ccc(C)s2)CCNCC1. The number of rotatable bonds is 5. The molecule has 1 aromatic rings. The van der Waals surface area contributed by atoms with Crippen LogP contribution in [0.1, 0.15) is 22.6 Å². The molecule has 4 nitrogen and oxygen atoms in total. The minimum Gasteiger partial charge on any atom is -0.384 e. The van der Waals surface area contributed by atoms with Crippen LogP contribution in [0.3, 0.4) is 0 Å². The predicted molar refractivity (Wildman–Crippen MR) is 77.3 cm³/mol. The molecule has 106 valence electrons. The molecule has 1 amide bonds. The summed E-state index contributed by atoms with van der Waals surface area (Å²) >= 11 is 1.73. The Balaban J connectivity index is 1.95. The van der Waals surface area contributed by atoms with Crippen LogP contribution < -0.4 is 10.6 Å². The number of carbonyl (C=O) groups is 1. The maximum Gasteiger partial charge on any atom is 0.228 e. The largest absolute Gasteiger partial charge is 0.384 e. The van der Waals surface area contributed by atoms with Crippen LogP contribution in [-0.4, -0.2) is 32.7 Å². The number of hydrogen-bond acceptors (Lipinski definition) is 4. The zero-order valence-electron chi connectivity index (χ0n) is 11.6. The molecule has 1 aliphatic rings. The molecule has 1 aliphatic heterocycles. The topological polar surface area (TPSA) is 50.4 Å². The molecule has 1 saturated heterocycles. The van der Waals surface area contributed by atoms with Gasteiger partial charge in [0.05, 0.1) is 18.6 Å². The van der Waals surface area contributed by atoms with Crippen molar-refractivity contribution < 1.29 is 9.53 Å². The van der Waals surface area contributed by atoms with E-state index in [4.69, 9.17) is 4.74 Å². The number of hydrogen-bond donors (Lipinski definition) is 2. The number of amides is 1. The molecule has 1 fully saturated rings. The van der Waals surface area contributed by atoms with Gasteiger partial charge in [0.1, 0.15) is 0 Å². The summed E-state index contributed by atoms with van der Waals surface area (Å²) in [7, 11) is 1.67. The summed E-state index contributed by atoms with van der Waals surface area (Å²) in [4.78, 5) is 15.0. The van der Waals surface area contributed by atoms with Gasteiger partial charge in [-0.3, -0.25) is 4.79 Å². The van der Waals surface area contributed by atoms with Gasteiger partial charge in [-0.1, -0.05) is 0 Å². The molecule has 0 bridgehead atoms. The maximum atomic E-state index is 12.5. The van der Waals surface area contributed by atoms with Gasteiger partial charge in [-0.2, -0.15) is 0 Å². The number of nitrogens with one attached hydrogen (secondary N) is 2. The molecule has 2 rings (SSSR count). The molecular weight excluding hydrogens is 260 g/mol. The van der Waals surface area contributed by atoms with Crippen molar-refractivity contribution in [3.8, 4) is 0 Å². The van der Waals surface area contributed by atoms with Crippen LogP contribution >= 0.6 is 11.3 Å². The standard InChI is InChI=1S/C14H22N2O2S/c1-11-3-4-12(19-11)9-16-13(17)14(10-18-2)5-7-15-8-6-14/h3-4,15H,5-10H2,1-2H3,(H,16,17). The molecular formula is C14H22N2O2S. The van der Waals surface area contributed by atoms with Gasteiger partial charge in [-0.15, -0.1) is 11.3 Å². The highest BCUT2D eigenvalue weighted by Gasteiger charge is 2.39. The number of aryl methyl sites for hydroxylation is 1. The summed E-state index contributed by atoms with van der Waals surface area (Å²) in [6, 6.07) is 4.16. The number of piperidine rings is 1. The van der Waals surface area contributed by atoms with Gasteiger partial charge in [0.25, 0.3) is 0 Å². The Morgan fingerprint density at radius 2 is 2.21 bits per heavy atom. The highest BCUT2D eigenvalue weighted by Crippen LogP contribution is 2.29. The minimum atomic E-state index is -0.355. The number of carbonyl (C=O) groups excluding carboxylic acids is 1. The molecule has 5 heteroatoms. The Labute approximate surface area is 118 Å². The van der Waals surface area contributed by atoms with Crippen LogP contribution in [-0.2, 0) is 16.1 Å². The lowest BCUT2D eigenvalue weighted by molar-refractivity contribution is -0.136. The number of methoxy groups -OCH3 is 1. The second-order valence-corrected chi connectivity index (χ2v) is 6.53. The molecule has 2 N–H and O–H groups in total. The second-order valence-electron chi connectivity index (χ2n) is 5.16. The number of thiophene rings is 1. The van der Waals surface area contributed by atoms with Crippen LogP contribution in [0.4, 0.5) is 0 Å². The quantitative estimate of drug-likeness (QED) is 0.864. The molecule has 0 unspecified atom stereocenters. The number of ether oxygens (including phenoxy) is 1. The molecule has 0 saturated carbocycles. The Hall–Kier alpha value is -0.910. The van der Waals surface area contributed by atoms with Crippen molar-refractivity contribution in [2.45, 2.75) is 26.3 Å². The van der Waals surface area contributed by atoms with Crippen molar-refractivity contribution in [2.24, 2.45) is 5.41 Å². The van der Waals surface area contributed by atoms with E-state index in [1.54, 1.807) is 18.4 Å². The first kappa shape index (κ1) is 14.5. The van der Waals surface area contributed by atoms with E-state index >= 15 is 0 Å². The lowest BCUT2D eigenvalue weighted by atomic mass is 9.78. The van der Waals surface area contributed by atoms with E-state index in [1.165, 1.54) is 9.75 Å². The molecule has 1 aromatic heterocycles. The van der Waals surface area contributed by atoms with Crippen molar-refractivity contribution in [3.63, 3.8) is 0 Å². The summed E-state index contributed by atoms with van der Waals surface area (Å²) in [5.41, 5.74) is -0.355. The average Bonchev–Trinajstić information content (AvgIpc) is 2.83. The van der Waals surface area contributed by atoms with Crippen molar-refractivity contribution in [1.29, 1.82) is 0 Å². The summed E-state index contributed by atoms with van der Waals surface area (Å²) in [5, 5.41) is 6.37. The van der Waals surface area contributed by atoms with Crippen molar-refractivity contribution in [2.75, 3.05) is 26.8 Å².